The standard InChI is InChI=1S/C19H20N2O4S/c1-3-4-9-25-13-7-5-12(6-8-13)10-14-20-17(22)15-11(2)16(19(23)24)26-18(15)21-14/h5-8H,3-4,9-10H2,1-2H3,(H,23,24)(H,20,21,22). The first-order valence-corrected chi connectivity index (χ1v) is 9.28. The number of ether oxygens (including phenoxy) is 1. The molecule has 26 heavy (non-hydrogen) atoms. The van der Waals surface area contributed by atoms with Gasteiger partial charge in [0.1, 0.15) is 21.3 Å². The fourth-order valence-electron chi connectivity index (χ4n) is 2.71. The molecular weight excluding hydrogens is 352 g/mol. The molecule has 0 atom stereocenters. The minimum Gasteiger partial charge on any atom is -0.494 e. The summed E-state index contributed by atoms with van der Waals surface area (Å²) in [4.78, 5) is 31.4. The highest BCUT2D eigenvalue weighted by Gasteiger charge is 2.18. The number of H-pyrrole nitrogens is 1. The Morgan fingerprint density at radius 3 is 2.69 bits per heavy atom. The number of benzene rings is 1. The lowest BCUT2D eigenvalue weighted by Gasteiger charge is -2.06. The van der Waals surface area contributed by atoms with Crippen molar-refractivity contribution in [2.75, 3.05) is 6.61 Å². The van der Waals surface area contributed by atoms with E-state index in [2.05, 4.69) is 16.9 Å². The third-order valence-corrected chi connectivity index (χ3v) is 5.28. The Hall–Kier alpha value is -2.67. The number of aryl methyl sites for hydroxylation is 1. The van der Waals surface area contributed by atoms with Crippen LogP contribution in [0.25, 0.3) is 10.2 Å². The van der Waals surface area contributed by atoms with Crippen LogP contribution in [-0.4, -0.2) is 27.7 Å². The minimum atomic E-state index is -1.04. The second-order valence-corrected chi connectivity index (χ2v) is 7.08. The zero-order chi connectivity index (χ0) is 18.7. The molecule has 7 heteroatoms. The van der Waals surface area contributed by atoms with E-state index in [1.54, 1.807) is 6.92 Å². The first-order chi connectivity index (χ1) is 12.5. The van der Waals surface area contributed by atoms with Gasteiger partial charge in [-0.3, -0.25) is 4.79 Å². The summed E-state index contributed by atoms with van der Waals surface area (Å²) >= 11 is 1.03. The molecule has 0 radical (unpaired) electrons. The predicted octanol–water partition coefficient (Wildman–Crippen LogP) is 3.76. The number of hydrogen-bond acceptors (Lipinski definition) is 5. The Kier molecular flexibility index (Phi) is 5.37. The molecule has 3 aromatic rings. The van der Waals surface area contributed by atoms with E-state index in [1.807, 2.05) is 24.3 Å². The fourth-order valence-corrected chi connectivity index (χ4v) is 3.75. The molecule has 0 amide bonds. The van der Waals surface area contributed by atoms with Gasteiger partial charge in [-0.05, 0) is 36.6 Å². The van der Waals surface area contributed by atoms with Crippen LogP contribution in [0.2, 0.25) is 0 Å². The van der Waals surface area contributed by atoms with Crippen molar-refractivity contribution in [1.82, 2.24) is 9.97 Å². The van der Waals surface area contributed by atoms with Gasteiger partial charge >= 0.3 is 5.97 Å². The highest BCUT2D eigenvalue weighted by molar-refractivity contribution is 7.20. The predicted molar refractivity (Wildman–Crippen MR) is 102 cm³/mol. The lowest BCUT2D eigenvalue weighted by molar-refractivity contribution is 0.0701. The number of unbranched alkanes of at least 4 members (excludes halogenated alkanes) is 1. The van der Waals surface area contributed by atoms with Crippen LogP contribution in [0.15, 0.2) is 29.1 Å². The van der Waals surface area contributed by atoms with Gasteiger partial charge in [0.2, 0.25) is 0 Å². The van der Waals surface area contributed by atoms with Gasteiger partial charge in [0.25, 0.3) is 5.56 Å². The van der Waals surface area contributed by atoms with Crippen molar-refractivity contribution in [2.24, 2.45) is 0 Å². The third kappa shape index (κ3) is 3.77. The number of rotatable bonds is 7. The maximum atomic E-state index is 12.3. The summed E-state index contributed by atoms with van der Waals surface area (Å²) in [6.07, 6.45) is 2.57. The molecule has 2 heterocycles. The van der Waals surface area contributed by atoms with E-state index in [0.29, 0.717) is 34.6 Å². The third-order valence-electron chi connectivity index (χ3n) is 4.11. The number of carboxylic acids is 1. The molecule has 2 aromatic heterocycles. The summed E-state index contributed by atoms with van der Waals surface area (Å²) in [5.41, 5.74) is 1.15. The van der Waals surface area contributed by atoms with Gasteiger partial charge in [-0.2, -0.15) is 0 Å². The maximum absolute atomic E-state index is 12.3. The van der Waals surface area contributed by atoms with Crippen LogP contribution in [0.1, 0.15) is 46.4 Å². The molecule has 136 valence electrons. The summed E-state index contributed by atoms with van der Waals surface area (Å²) < 4.78 is 5.64. The largest absolute Gasteiger partial charge is 0.494 e. The molecule has 0 spiro atoms. The molecule has 0 aliphatic heterocycles. The second kappa shape index (κ2) is 7.70. The molecule has 0 saturated carbocycles. The van der Waals surface area contributed by atoms with Crippen molar-refractivity contribution in [2.45, 2.75) is 33.1 Å². The lowest BCUT2D eigenvalue weighted by atomic mass is 10.1. The van der Waals surface area contributed by atoms with Crippen molar-refractivity contribution in [3.05, 3.63) is 56.4 Å². The maximum Gasteiger partial charge on any atom is 0.346 e. The van der Waals surface area contributed by atoms with Crippen LogP contribution in [0.5, 0.6) is 5.75 Å². The average molecular weight is 372 g/mol. The van der Waals surface area contributed by atoms with Crippen molar-refractivity contribution in [3.8, 4) is 5.75 Å². The first-order valence-electron chi connectivity index (χ1n) is 8.47. The summed E-state index contributed by atoms with van der Waals surface area (Å²) in [5.74, 6) is 0.296. The van der Waals surface area contributed by atoms with E-state index in [4.69, 9.17) is 4.74 Å². The molecule has 0 aliphatic carbocycles. The SMILES string of the molecule is CCCCOc1ccc(Cc2nc3sc(C(=O)O)c(C)c3c(=O)[nH]2)cc1. The summed E-state index contributed by atoms with van der Waals surface area (Å²) in [6.45, 7) is 4.45. The number of aromatic amines is 1. The molecule has 0 fully saturated rings. The number of fused-ring (bicyclic) bond motifs is 1. The molecule has 0 bridgehead atoms. The molecule has 6 nitrogen and oxygen atoms in total. The van der Waals surface area contributed by atoms with E-state index >= 15 is 0 Å². The van der Waals surface area contributed by atoms with Gasteiger partial charge in [0, 0.05) is 6.42 Å². The van der Waals surface area contributed by atoms with Crippen molar-refractivity contribution in [1.29, 1.82) is 0 Å². The Morgan fingerprint density at radius 1 is 1.31 bits per heavy atom. The van der Waals surface area contributed by atoms with Crippen molar-refractivity contribution < 1.29 is 14.6 Å². The molecule has 0 unspecified atom stereocenters. The van der Waals surface area contributed by atoms with Crippen LogP contribution < -0.4 is 10.3 Å². The topological polar surface area (TPSA) is 92.3 Å². The number of nitrogens with zero attached hydrogens (tertiary/aromatic N) is 1. The smallest absolute Gasteiger partial charge is 0.346 e. The van der Waals surface area contributed by atoms with Gasteiger partial charge in [-0.25, -0.2) is 9.78 Å². The molecule has 0 aliphatic rings. The van der Waals surface area contributed by atoms with Crippen LogP contribution in [0.3, 0.4) is 0 Å². The molecular formula is C19H20N2O4S. The van der Waals surface area contributed by atoms with Crippen LogP contribution in [0.4, 0.5) is 0 Å². The number of carbonyl (C=O) groups is 1. The Balaban J connectivity index is 1.83. The number of thiophene rings is 1. The van der Waals surface area contributed by atoms with Crippen LogP contribution in [-0.2, 0) is 6.42 Å². The van der Waals surface area contributed by atoms with Gasteiger partial charge in [0.15, 0.2) is 0 Å². The number of aromatic carboxylic acids is 1. The molecule has 0 saturated heterocycles. The quantitative estimate of drug-likeness (QED) is 0.616. The summed E-state index contributed by atoms with van der Waals surface area (Å²) in [7, 11) is 0. The van der Waals surface area contributed by atoms with Gasteiger partial charge in [0.05, 0.1) is 12.0 Å². The second-order valence-electron chi connectivity index (χ2n) is 6.08. The van der Waals surface area contributed by atoms with Crippen LogP contribution >= 0.6 is 11.3 Å². The highest BCUT2D eigenvalue weighted by atomic mass is 32.1. The lowest BCUT2D eigenvalue weighted by Crippen LogP contribution is -2.12. The van der Waals surface area contributed by atoms with E-state index < -0.39 is 5.97 Å². The van der Waals surface area contributed by atoms with E-state index in [0.717, 1.165) is 35.5 Å². The van der Waals surface area contributed by atoms with Gasteiger partial charge in [-0.1, -0.05) is 25.5 Å². The molecule has 2 N–H and O–H groups in total. The number of aromatic nitrogens is 2. The Bertz CT molecular complexity index is 989. The highest BCUT2D eigenvalue weighted by Crippen LogP contribution is 2.27. The number of hydrogen-bond donors (Lipinski definition) is 2. The average Bonchev–Trinajstić information content (AvgIpc) is 2.94. The summed E-state index contributed by atoms with van der Waals surface area (Å²) in [5, 5.41) is 9.58. The Labute approximate surface area is 154 Å². The van der Waals surface area contributed by atoms with Crippen molar-refractivity contribution in [3.63, 3.8) is 0 Å². The van der Waals surface area contributed by atoms with E-state index in [1.165, 1.54) is 0 Å². The van der Waals surface area contributed by atoms with Gasteiger partial charge < -0.3 is 14.8 Å². The number of carboxylic acid groups (broad SMARTS) is 1. The van der Waals surface area contributed by atoms with Crippen molar-refractivity contribution >= 4 is 27.5 Å². The van der Waals surface area contributed by atoms with E-state index in [-0.39, 0.29) is 10.4 Å². The van der Waals surface area contributed by atoms with E-state index in [9.17, 15) is 14.7 Å². The molecule has 1 aromatic carbocycles. The monoisotopic (exact) mass is 372 g/mol. The normalized spacial score (nSPS) is 11.0. The van der Waals surface area contributed by atoms with Gasteiger partial charge in [-0.15, -0.1) is 11.3 Å². The zero-order valence-electron chi connectivity index (χ0n) is 14.7. The Morgan fingerprint density at radius 2 is 2.04 bits per heavy atom. The molecule has 3 rings (SSSR count). The first kappa shape index (κ1) is 18.1. The summed E-state index contributed by atoms with van der Waals surface area (Å²) in [6, 6.07) is 7.68. The fraction of sp³-hybridized carbons (Fsp3) is 0.316. The number of nitrogens with one attached hydrogen (secondary N) is 1. The van der Waals surface area contributed by atoms with Crippen LogP contribution in [0, 0.1) is 6.92 Å². The minimum absolute atomic E-state index is 0.156. The zero-order valence-corrected chi connectivity index (χ0v) is 15.5.